The van der Waals surface area contributed by atoms with Crippen LogP contribution in [0, 0.1) is 6.92 Å². The second-order valence-electron chi connectivity index (χ2n) is 6.19. The first-order valence-corrected chi connectivity index (χ1v) is 10.7. The number of nitrogens with zero attached hydrogens (tertiary/aromatic N) is 3. The molecule has 2 amide bonds. The van der Waals surface area contributed by atoms with Gasteiger partial charge in [-0.2, -0.15) is 0 Å². The normalized spacial score (nSPS) is 10.8. The van der Waals surface area contributed by atoms with E-state index in [1.54, 1.807) is 11.4 Å². The van der Waals surface area contributed by atoms with Crippen molar-refractivity contribution in [2.24, 2.45) is 5.73 Å². The standard InChI is InChI=1S/C19H21N5O2S2/c1-3-8-24-17(13-6-4-5-12(2)10-13)22-23-19(24)28-11-15(25)21-18-14(16(20)26)7-9-27-18/h4-7,9-10H,3,8,11H2,1-2H3,(H2,20,26)(H,21,25). The first kappa shape index (κ1) is 20.1. The van der Waals surface area contributed by atoms with Gasteiger partial charge in [-0.1, -0.05) is 42.4 Å². The molecule has 0 aliphatic heterocycles. The van der Waals surface area contributed by atoms with Crippen molar-refractivity contribution >= 4 is 39.9 Å². The Hall–Kier alpha value is -2.65. The van der Waals surface area contributed by atoms with Crippen LogP contribution < -0.4 is 11.1 Å². The average molecular weight is 416 g/mol. The molecule has 0 aliphatic rings. The van der Waals surface area contributed by atoms with E-state index in [1.165, 1.54) is 23.1 Å². The summed E-state index contributed by atoms with van der Waals surface area (Å²) in [6, 6.07) is 9.70. The topological polar surface area (TPSA) is 103 Å². The number of hydrogen-bond donors (Lipinski definition) is 2. The van der Waals surface area contributed by atoms with E-state index in [1.807, 2.05) is 29.7 Å². The molecule has 2 heterocycles. The summed E-state index contributed by atoms with van der Waals surface area (Å²) >= 11 is 2.58. The minimum atomic E-state index is -0.560. The van der Waals surface area contributed by atoms with Gasteiger partial charge in [0, 0.05) is 12.1 Å². The van der Waals surface area contributed by atoms with Crippen LogP contribution in [0.1, 0.15) is 29.3 Å². The maximum Gasteiger partial charge on any atom is 0.251 e. The van der Waals surface area contributed by atoms with Gasteiger partial charge in [-0.3, -0.25) is 9.59 Å². The van der Waals surface area contributed by atoms with Crippen LogP contribution in [0.15, 0.2) is 40.9 Å². The number of anilines is 1. The van der Waals surface area contributed by atoms with Gasteiger partial charge in [0.25, 0.3) is 5.91 Å². The summed E-state index contributed by atoms with van der Waals surface area (Å²) in [6.07, 6.45) is 0.924. The highest BCUT2D eigenvalue weighted by molar-refractivity contribution is 7.99. The Morgan fingerprint density at radius 2 is 2.11 bits per heavy atom. The highest BCUT2D eigenvalue weighted by atomic mass is 32.2. The van der Waals surface area contributed by atoms with E-state index >= 15 is 0 Å². The second kappa shape index (κ2) is 9.03. The van der Waals surface area contributed by atoms with Crippen LogP contribution in [0.2, 0.25) is 0 Å². The van der Waals surface area contributed by atoms with Crippen LogP contribution in [0.25, 0.3) is 11.4 Å². The van der Waals surface area contributed by atoms with Gasteiger partial charge >= 0.3 is 0 Å². The molecule has 3 rings (SSSR count). The van der Waals surface area contributed by atoms with E-state index < -0.39 is 5.91 Å². The maximum atomic E-state index is 12.3. The molecule has 1 aromatic carbocycles. The Kier molecular flexibility index (Phi) is 6.48. The van der Waals surface area contributed by atoms with Crippen molar-refractivity contribution in [3.05, 3.63) is 46.8 Å². The molecule has 0 aliphatic carbocycles. The fourth-order valence-electron chi connectivity index (χ4n) is 2.71. The fraction of sp³-hybridized carbons (Fsp3) is 0.263. The van der Waals surface area contributed by atoms with Crippen LogP contribution in [-0.2, 0) is 11.3 Å². The average Bonchev–Trinajstić information content (AvgIpc) is 3.27. The lowest BCUT2D eigenvalue weighted by atomic mass is 10.1. The molecule has 0 spiro atoms. The molecule has 3 N–H and O–H groups in total. The first-order chi connectivity index (χ1) is 13.5. The molecule has 0 saturated heterocycles. The molecule has 0 radical (unpaired) electrons. The number of hydrogen-bond acceptors (Lipinski definition) is 6. The monoisotopic (exact) mass is 415 g/mol. The molecule has 0 atom stereocenters. The van der Waals surface area contributed by atoms with Gasteiger partial charge in [-0.15, -0.1) is 21.5 Å². The van der Waals surface area contributed by atoms with Crippen molar-refractivity contribution in [3.8, 4) is 11.4 Å². The van der Waals surface area contributed by atoms with Crippen molar-refractivity contribution in [3.63, 3.8) is 0 Å². The molecular formula is C19H21N5O2S2. The molecule has 0 unspecified atom stereocenters. The minimum absolute atomic E-state index is 0.158. The first-order valence-electron chi connectivity index (χ1n) is 8.79. The van der Waals surface area contributed by atoms with Crippen molar-refractivity contribution < 1.29 is 9.59 Å². The van der Waals surface area contributed by atoms with Gasteiger partial charge in [-0.25, -0.2) is 0 Å². The summed E-state index contributed by atoms with van der Waals surface area (Å²) in [5, 5.41) is 14.2. The molecule has 3 aromatic rings. The highest BCUT2D eigenvalue weighted by Gasteiger charge is 2.17. The molecule has 7 nitrogen and oxygen atoms in total. The van der Waals surface area contributed by atoms with Crippen LogP contribution in [0.3, 0.4) is 0 Å². The molecule has 0 bridgehead atoms. The third kappa shape index (κ3) is 4.60. The summed E-state index contributed by atoms with van der Waals surface area (Å²) in [4.78, 5) is 23.7. The number of nitrogens with two attached hydrogens (primary N) is 1. The van der Waals surface area contributed by atoms with Crippen LogP contribution in [0.5, 0.6) is 0 Å². The van der Waals surface area contributed by atoms with Crippen molar-refractivity contribution in [1.82, 2.24) is 14.8 Å². The van der Waals surface area contributed by atoms with E-state index in [4.69, 9.17) is 5.73 Å². The Morgan fingerprint density at radius 1 is 1.29 bits per heavy atom. The number of carbonyl (C=O) groups is 2. The minimum Gasteiger partial charge on any atom is -0.366 e. The SMILES string of the molecule is CCCn1c(SCC(=O)Nc2sccc2C(N)=O)nnc1-c1cccc(C)c1. The maximum absolute atomic E-state index is 12.3. The van der Waals surface area contributed by atoms with E-state index in [9.17, 15) is 9.59 Å². The molecular weight excluding hydrogens is 394 g/mol. The lowest BCUT2D eigenvalue weighted by Crippen LogP contribution is -2.18. The van der Waals surface area contributed by atoms with E-state index in [0.29, 0.717) is 15.7 Å². The Morgan fingerprint density at radius 3 is 2.82 bits per heavy atom. The summed E-state index contributed by atoms with van der Waals surface area (Å²) in [5.74, 6) is 0.168. The Bertz CT molecular complexity index is 996. The Balaban J connectivity index is 1.73. The van der Waals surface area contributed by atoms with E-state index in [-0.39, 0.29) is 11.7 Å². The number of carbonyl (C=O) groups excluding carboxylic acids is 2. The number of aryl methyl sites for hydroxylation is 1. The zero-order chi connectivity index (χ0) is 20.1. The summed E-state index contributed by atoms with van der Waals surface area (Å²) in [7, 11) is 0. The smallest absolute Gasteiger partial charge is 0.251 e. The number of thioether (sulfide) groups is 1. The van der Waals surface area contributed by atoms with Crippen molar-refractivity contribution in [1.29, 1.82) is 0 Å². The number of thiophene rings is 1. The Labute approximate surface area is 171 Å². The fourth-order valence-corrected chi connectivity index (χ4v) is 4.28. The lowest BCUT2D eigenvalue weighted by molar-refractivity contribution is -0.113. The van der Waals surface area contributed by atoms with Gasteiger partial charge in [0.05, 0.1) is 11.3 Å². The van der Waals surface area contributed by atoms with E-state index in [0.717, 1.165) is 29.9 Å². The van der Waals surface area contributed by atoms with Gasteiger partial charge in [-0.05, 0) is 30.9 Å². The quantitative estimate of drug-likeness (QED) is 0.548. The number of aromatic nitrogens is 3. The zero-order valence-electron chi connectivity index (χ0n) is 15.6. The number of rotatable bonds is 8. The summed E-state index contributed by atoms with van der Waals surface area (Å²) in [5.41, 5.74) is 7.78. The molecule has 0 saturated carbocycles. The number of primary amides is 1. The third-order valence-electron chi connectivity index (χ3n) is 3.96. The highest BCUT2D eigenvalue weighted by Crippen LogP contribution is 2.26. The van der Waals surface area contributed by atoms with Gasteiger partial charge < -0.3 is 15.6 Å². The summed E-state index contributed by atoms with van der Waals surface area (Å²) < 4.78 is 2.03. The molecule has 0 fully saturated rings. The van der Waals surface area contributed by atoms with Gasteiger partial charge in [0.2, 0.25) is 5.91 Å². The van der Waals surface area contributed by atoms with Crippen molar-refractivity contribution in [2.45, 2.75) is 32.0 Å². The molecule has 146 valence electrons. The molecule has 2 aromatic heterocycles. The molecule has 28 heavy (non-hydrogen) atoms. The predicted molar refractivity (Wildman–Crippen MR) is 113 cm³/mol. The lowest BCUT2D eigenvalue weighted by Gasteiger charge is -2.09. The van der Waals surface area contributed by atoms with Crippen LogP contribution in [-0.4, -0.2) is 32.3 Å². The van der Waals surface area contributed by atoms with Crippen LogP contribution >= 0.6 is 23.1 Å². The number of amides is 2. The second-order valence-corrected chi connectivity index (χ2v) is 8.05. The third-order valence-corrected chi connectivity index (χ3v) is 5.75. The van der Waals surface area contributed by atoms with Crippen molar-refractivity contribution in [2.75, 3.05) is 11.1 Å². The van der Waals surface area contributed by atoms with E-state index in [2.05, 4.69) is 28.5 Å². The summed E-state index contributed by atoms with van der Waals surface area (Å²) in [6.45, 7) is 4.88. The van der Waals surface area contributed by atoms with Gasteiger partial charge in [0.1, 0.15) is 5.00 Å². The van der Waals surface area contributed by atoms with Crippen LogP contribution in [0.4, 0.5) is 5.00 Å². The zero-order valence-corrected chi connectivity index (χ0v) is 17.3. The van der Waals surface area contributed by atoms with Gasteiger partial charge in [0.15, 0.2) is 11.0 Å². The number of benzene rings is 1. The molecule has 9 heteroatoms. The largest absolute Gasteiger partial charge is 0.366 e. The predicted octanol–water partition coefficient (Wildman–Crippen LogP) is 3.55. The number of nitrogens with one attached hydrogen (secondary N) is 1.